The quantitative estimate of drug-likeness (QED) is 0.424. The van der Waals surface area contributed by atoms with E-state index in [1.165, 1.54) is 0 Å². The zero-order valence-electron chi connectivity index (χ0n) is 17.1. The van der Waals surface area contributed by atoms with Crippen molar-refractivity contribution in [3.05, 3.63) is 41.1 Å². The number of aromatic nitrogens is 5. The Morgan fingerprint density at radius 2 is 2.07 bits per heavy atom. The third-order valence-corrected chi connectivity index (χ3v) is 4.99. The van der Waals surface area contributed by atoms with E-state index in [1.54, 1.807) is 10.7 Å². The zero-order valence-corrected chi connectivity index (χ0v) is 17.9. The van der Waals surface area contributed by atoms with Gasteiger partial charge in [-0.3, -0.25) is 14.9 Å². The Morgan fingerprint density at radius 3 is 2.80 bits per heavy atom. The van der Waals surface area contributed by atoms with Crippen molar-refractivity contribution in [3.63, 3.8) is 0 Å². The lowest BCUT2D eigenvalue weighted by Gasteiger charge is -2.08. The maximum Gasteiger partial charge on any atom is 0.316 e. The Hall–Kier alpha value is -3.21. The SMILES string of the molecule is Cc1ccc(C)c(-n2nnnc2SCC(=O)OCC(=O)Nc2cc(C(C)C)no2)c1. The molecule has 2 aromatic heterocycles. The first-order chi connectivity index (χ1) is 14.3. The highest BCUT2D eigenvalue weighted by Gasteiger charge is 2.16. The van der Waals surface area contributed by atoms with Gasteiger partial charge in [0.25, 0.3) is 5.91 Å². The minimum atomic E-state index is -0.564. The average Bonchev–Trinajstić information content (AvgIpc) is 3.36. The van der Waals surface area contributed by atoms with E-state index < -0.39 is 18.5 Å². The van der Waals surface area contributed by atoms with Crippen LogP contribution in [0.25, 0.3) is 5.69 Å². The van der Waals surface area contributed by atoms with Gasteiger partial charge in [0.1, 0.15) is 0 Å². The van der Waals surface area contributed by atoms with Crippen molar-refractivity contribution in [1.29, 1.82) is 0 Å². The van der Waals surface area contributed by atoms with E-state index in [2.05, 4.69) is 26.0 Å². The maximum absolute atomic E-state index is 12.0. The van der Waals surface area contributed by atoms with E-state index in [1.807, 2.05) is 45.9 Å². The lowest BCUT2D eigenvalue weighted by atomic mass is 10.1. The summed E-state index contributed by atoms with van der Waals surface area (Å²) in [5.74, 6) is -0.736. The van der Waals surface area contributed by atoms with Gasteiger partial charge in [0.2, 0.25) is 11.0 Å². The summed E-state index contributed by atoms with van der Waals surface area (Å²) in [6.45, 7) is 7.42. The molecule has 0 unspecified atom stereocenters. The summed E-state index contributed by atoms with van der Waals surface area (Å²) in [5.41, 5.74) is 3.63. The second kappa shape index (κ2) is 9.53. The molecule has 0 atom stereocenters. The van der Waals surface area contributed by atoms with Crippen LogP contribution in [0.5, 0.6) is 0 Å². The number of esters is 1. The summed E-state index contributed by atoms with van der Waals surface area (Å²) in [7, 11) is 0. The van der Waals surface area contributed by atoms with Crippen molar-refractivity contribution in [2.45, 2.75) is 38.8 Å². The fourth-order valence-corrected chi connectivity index (χ4v) is 3.15. The Morgan fingerprint density at radius 1 is 1.27 bits per heavy atom. The Balaban J connectivity index is 1.50. The van der Waals surface area contributed by atoms with Crippen LogP contribution in [0.2, 0.25) is 0 Å². The van der Waals surface area contributed by atoms with Gasteiger partial charge in [0.05, 0.1) is 17.1 Å². The smallest absolute Gasteiger partial charge is 0.316 e. The lowest BCUT2D eigenvalue weighted by Crippen LogP contribution is -2.21. The van der Waals surface area contributed by atoms with Crippen molar-refractivity contribution in [2.75, 3.05) is 17.7 Å². The number of aryl methyl sites for hydroxylation is 2. The molecule has 2 heterocycles. The third-order valence-electron chi connectivity index (χ3n) is 4.10. The summed E-state index contributed by atoms with van der Waals surface area (Å²) >= 11 is 1.13. The standard InChI is InChI=1S/C19H22N6O4S/c1-11(2)14-8-17(29-22-14)20-16(26)9-28-18(27)10-30-19-21-23-24-25(19)15-7-12(3)5-6-13(15)4/h5-8,11H,9-10H2,1-4H3,(H,20,26). The number of hydrogen-bond donors (Lipinski definition) is 1. The molecule has 0 bridgehead atoms. The summed E-state index contributed by atoms with van der Waals surface area (Å²) in [4.78, 5) is 23.9. The number of ether oxygens (including phenoxy) is 1. The number of amides is 1. The molecule has 0 saturated heterocycles. The van der Waals surface area contributed by atoms with Crippen molar-refractivity contribution in [3.8, 4) is 5.69 Å². The number of benzene rings is 1. The molecule has 1 N–H and O–H groups in total. The van der Waals surface area contributed by atoms with Crippen LogP contribution in [-0.2, 0) is 14.3 Å². The number of thioether (sulfide) groups is 1. The van der Waals surface area contributed by atoms with Crippen LogP contribution in [-0.4, -0.2) is 49.6 Å². The molecule has 11 heteroatoms. The van der Waals surface area contributed by atoms with Crippen LogP contribution in [0.15, 0.2) is 33.9 Å². The monoisotopic (exact) mass is 430 g/mol. The van der Waals surface area contributed by atoms with Gasteiger partial charge in [-0.25, -0.2) is 0 Å². The Kier molecular flexibility index (Phi) is 6.83. The first-order valence-corrected chi connectivity index (χ1v) is 10.2. The Bertz CT molecular complexity index is 1050. The second-order valence-electron chi connectivity index (χ2n) is 6.93. The van der Waals surface area contributed by atoms with E-state index >= 15 is 0 Å². The first kappa shape index (κ1) is 21.5. The molecule has 158 valence electrons. The van der Waals surface area contributed by atoms with Gasteiger partial charge < -0.3 is 9.26 Å². The summed E-state index contributed by atoms with van der Waals surface area (Å²) in [6.07, 6.45) is 0. The molecule has 0 saturated carbocycles. The fourth-order valence-electron chi connectivity index (χ4n) is 2.47. The minimum absolute atomic E-state index is 0.0433. The molecule has 0 radical (unpaired) electrons. The lowest BCUT2D eigenvalue weighted by molar-refractivity contribution is -0.144. The summed E-state index contributed by atoms with van der Waals surface area (Å²) in [6, 6.07) is 7.58. The van der Waals surface area contributed by atoms with Gasteiger partial charge in [-0.05, 0) is 47.4 Å². The van der Waals surface area contributed by atoms with Crippen molar-refractivity contribution >= 4 is 29.5 Å². The molecule has 0 aliphatic heterocycles. The van der Waals surface area contributed by atoms with E-state index in [9.17, 15) is 9.59 Å². The maximum atomic E-state index is 12.0. The molecule has 30 heavy (non-hydrogen) atoms. The normalized spacial score (nSPS) is 11.0. The van der Waals surface area contributed by atoms with Crippen LogP contribution in [0.4, 0.5) is 5.88 Å². The zero-order chi connectivity index (χ0) is 21.7. The van der Waals surface area contributed by atoms with Crippen LogP contribution < -0.4 is 5.32 Å². The number of nitrogens with one attached hydrogen (secondary N) is 1. The predicted octanol–water partition coefficient (Wildman–Crippen LogP) is 2.66. The second-order valence-corrected chi connectivity index (χ2v) is 7.87. The largest absolute Gasteiger partial charge is 0.455 e. The van der Waals surface area contributed by atoms with Gasteiger partial charge in [-0.1, -0.05) is 42.9 Å². The first-order valence-electron chi connectivity index (χ1n) is 9.24. The highest BCUT2D eigenvalue weighted by molar-refractivity contribution is 7.99. The number of hydrogen-bond acceptors (Lipinski definition) is 9. The van der Waals surface area contributed by atoms with Crippen LogP contribution in [0.1, 0.15) is 36.6 Å². The number of nitrogens with zero attached hydrogens (tertiary/aromatic N) is 5. The number of carbonyl (C=O) groups is 2. The molecular formula is C19H22N6O4S. The molecule has 10 nitrogen and oxygen atoms in total. The van der Waals surface area contributed by atoms with Gasteiger partial charge in [-0.2, -0.15) is 4.68 Å². The molecule has 0 aliphatic carbocycles. The molecule has 3 aromatic rings. The van der Waals surface area contributed by atoms with Crippen molar-refractivity contribution < 1.29 is 18.8 Å². The summed E-state index contributed by atoms with van der Waals surface area (Å²) in [5, 5.41) is 18.4. The average molecular weight is 430 g/mol. The topological polar surface area (TPSA) is 125 Å². The molecule has 0 spiro atoms. The number of tetrazole rings is 1. The molecule has 0 aliphatic rings. The third kappa shape index (κ3) is 5.44. The van der Waals surface area contributed by atoms with E-state index in [0.717, 1.165) is 34.3 Å². The van der Waals surface area contributed by atoms with Gasteiger partial charge in [0, 0.05) is 6.07 Å². The van der Waals surface area contributed by atoms with Crippen LogP contribution in [0.3, 0.4) is 0 Å². The van der Waals surface area contributed by atoms with Gasteiger partial charge in [0.15, 0.2) is 6.61 Å². The molecule has 1 aromatic carbocycles. The van der Waals surface area contributed by atoms with Crippen LogP contribution in [0, 0.1) is 13.8 Å². The van der Waals surface area contributed by atoms with Gasteiger partial charge >= 0.3 is 5.97 Å². The van der Waals surface area contributed by atoms with E-state index in [4.69, 9.17) is 9.26 Å². The highest BCUT2D eigenvalue weighted by Crippen LogP contribution is 2.22. The number of carbonyl (C=O) groups excluding carboxylic acids is 2. The molecule has 0 fully saturated rings. The molecular weight excluding hydrogens is 408 g/mol. The Labute approximate surface area is 177 Å². The summed E-state index contributed by atoms with van der Waals surface area (Å²) < 4.78 is 11.6. The van der Waals surface area contributed by atoms with Crippen molar-refractivity contribution in [2.24, 2.45) is 0 Å². The highest BCUT2D eigenvalue weighted by atomic mass is 32.2. The van der Waals surface area contributed by atoms with Gasteiger partial charge in [-0.15, -0.1) is 5.10 Å². The predicted molar refractivity (Wildman–Crippen MR) is 110 cm³/mol. The number of anilines is 1. The van der Waals surface area contributed by atoms with Crippen molar-refractivity contribution in [1.82, 2.24) is 25.4 Å². The molecule has 3 rings (SSSR count). The minimum Gasteiger partial charge on any atom is -0.455 e. The van der Waals surface area contributed by atoms with E-state index in [-0.39, 0.29) is 17.6 Å². The molecule has 1 amide bonds. The fraction of sp³-hybridized carbons (Fsp3) is 0.368. The van der Waals surface area contributed by atoms with E-state index in [0.29, 0.717) is 5.16 Å². The van der Waals surface area contributed by atoms with Crippen LogP contribution >= 0.6 is 11.8 Å². The number of rotatable bonds is 8.